The molecule has 2 aromatic rings. The number of amides is 1. The number of hydrogen-bond acceptors (Lipinski definition) is 6. The van der Waals surface area contributed by atoms with Crippen molar-refractivity contribution in [3.8, 4) is 0 Å². The van der Waals surface area contributed by atoms with E-state index in [1.165, 1.54) is 11.8 Å². The van der Waals surface area contributed by atoms with Crippen LogP contribution in [0, 0.1) is 0 Å². The van der Waals surface area contributed by atoms with Crippen molar-refractivity contribution in [2.45, 2.75) is 29.6 Å². The molecule has 1 aromatic heterocycles. The molecule has 0 aliphatic rings. The summed E-state index contributed by atoms with van der Waals surface area (Å²) in [5, 5.41) is 9.31. The van der Waals surface area contributed by atoms with Gasteiger partial charge in [0.2, 0.25) is 11.0 Å². The Balaban J connectivity index is 1.98. The van der Waals surface area contributed by atoms with Gasteiger partial charge < -0.3 is 10.2 Å². The number of carbonyl (C=O) groups excluding carboxylic acids is 1. The smallest absolute Gasteiger partial charge is 0.351 e. The van der Waals surface area contributed by atoms with E-state index in [0.29, 0.717) is 10.9 Å². The van der Waals surface area contributed by atoms with E-state index in [2.05, 4.69) is 15.5 Å². The van der Waals surface area contributed by atoms with Gasteiger partial charge in [0.1, 0.15) is 6.54 Å². The summed E-state index contributed by atoms with van der Waals surface area (Å²) < 4.78 is 37.0. The third kappa shape index (κ3) is 5.89. The standard InChI is InChI=1S/C15H17F3N4OS2/c1-3-22(11-7-5-4-6-8-11)12(23)10(2)24-14-21-20-13(25-14)19-9-15(16,17)18/h4-8,10H,3,9H2,1-2H3,(H,19,20). The monoisotopic (exact) mass is 390 g/mol. The summed E-state index contributed by atoms with van der Waals surface area (Å²) in [7, 11) is 0. The minimum Gasteiger partial charge on any atom is -0.351 e. The molecule has 1 N–H and O–H groups in total. The number of carbonyl (C=O) groups is 1. The van der Waals surface area contributed by atoms with Crippen LogP contribution in [0.5, 0.6) is 0 Å². The molecule has 0 saturated carbocycles. The minimum atomic E-state index is -4.32. The van der Waals surface area contributed by atoms with Crippen LogP contribution in [0.15, 0.2) is 34.7 Å². The van der Waals surface area contributed by atoms with Crippen LogP contribution in [0.1, 0.15) is 13.8 Å². The first kappa shape index (κ1) is 19.5. The lowest BCUT2D eigenvalue weighted by Gasteiger charge is -2.23. The van der Waals surface area contributed by atoms with Crippen LogP contribution in [0.3, 0.4) is 0 Å². The summed E-state index contributed by atoms with van der Waals surface area (Å²) in [6, 6.07) is 9.28. The minimum absolute atomic E-state index is 0.0786. The molecular weight excluding hydrogens is 373 g/mol. The van der Waals surface area contributed by atoms with Gasteiger partial charge in [0.25, 0.3) is 0 Å². The Hall–Kier alpha value is -1.81. The van der Waals surface area contributed by atoms with Gasteiger partial charge in [-0.1, -0.05) is 41.3 Å². The Bertz CT molecular complexity index is 694. The maximum atomic E-state index is 12.6. The van der Waals surface area contributed by atoms with Gasteiger partial charge in [-0.05, 0) is 26.0 Å². The number of anilines is 2. The Morgan fingerprint density at radius 2 is 2.00 bits per heavy atom. The van der Waals surface area contributed by atoms with E-state index in [9.17, 15) is 18.0 Å². The molecule has 1 amide bonds. The van der Waals surface area contributed by atoms with Crippen molar-refractivity contribution in [1.29, 1.82) is 0 Å². The largest absolute Gasteiger partial charge is 0.405 e. The zero-order valence-electron chi connectivity index (χ0n) is 13.6. The summed E-state index contributed by atoms with van der Waals surface area (Å²) in [4.78, 5) is 14.3. The van der Waals surface area contributed by atoms with Crippen molar-refractivity contribution in [3.63, 3.8) is 0 Å². The van der Waals surface area contributed by atoms with E-state index < -0.39 is 18.0 Å². The van der Waals surface area contributed by atoms with Gasteiger partial charge in [-0.15, -0.1) is 10.2 Å². The molecule has 0 saturated heterocycles. The van der Waals surface area contributed by atoms with Gasteiger partial charge in [0.15, 0.2) is 4.34 Å². The highest BCUT2D eigenvalue weighted by molar-refractivity contribution is 8.02. The van der Waals surface area contributed by atoms with Crippen LogP contribution >= 0.6 is 23.1 Å². The Kier molecular flexibility index (Phi) is 6.65. The highest BCUT2D eigenvalue weighted by atomic mass is 32.2. The van der Waals surface area contributed by atoms with Gasteiger partial charge in [0.05, 0.1) is 5.25 Å². The molecule has 1 aromatic carbocycles. The molecule has 10 heteroatoms. The van der Waals surface area contributed by atoms with E-state index in [1.807, 2.05) is 37.3 Å². The number of benzene rings is 1. The topological polar surface area (TPSA) is 58.1 Å². The quantitative estimate of drug-likeness (QED) is 0.723. The molecule has 0 spiro atoms. The number of nitrogens with zero attached hydrogens (tertiary/aromatic N) is 3. The summed E-state index contributed by atoms with van der Waals surface area (Å²) >= 11 is 2.17. The van der Waals surface area contributed by atoms with Crippen molar-refractivity contribution in [2.75, 3.05) is 23.3 Å². The molecule has 1 unspecified atom stereocenters. The number of alkyl halides is 3. The van der Waals surface area contributed by atoms with Crippen LogP contribution in [-0.2, 0) is 4.79 Å². The van der Waals surface area contributed by atoms with Crippen LogP contribution < -0.4 is 10.2 Å². The molecule has 0 aliphatic heterocycles. The van der Waals surface area contributed by atoms with Gasteiger partial charge in [0, 0.05) is 12.2 Å². The normalized spacial score (nSPS) is 12.7. The lowest BCUT2D eigenvalue weighted by molar-refractivity contribution is -0.118. The third-order valence-electron chi connectivity index (χ3n) is 3.12. The first-order valence-electron chi connectivity index (χ1n) is 7.47. The SMILES string of the molecule is CCN(C(=O)C(C)Sc1nnc(NCC(F)(F)F)s1)c1ccccc1. The number of halogens is 3. The highest BCUT2D eigenvalue weighted by Crippen LogP contribution is 2.31. The molecule has 0 radical (unpaired) electrons. The Morgan fingerprint density at radius 3 is 2.60 bits per heavy atom. The second-order valence-corrected chi connectivity index (χ2v) is 7.59. The van der Waals surface area contributed by atoms with Gasteiger partial charge >= 0.3 is 6.18 Å². The molecule has 136 valence electrons. The van der Waals surface area contributed by atoms with Crippen molar-refractivity contribution in [2.24, 2.45) is 0 Å². The highest BCUT2D eigenvalue weighted by Gasteiger charge is 2.28. The molecule has 0 bridgehead atoms. The van der Waals surface area contributed by atoms with E-state index in [-0.39, 0.29) is 11.0 Å². The molecular formula is C15H17F3N4OS2. The average Bonchev–Trinajstić information content (AvgIpc) is 3.01. The molecule has 1 heterocycles. The average molecular weight is 390 g/mol. The zero-order chi connectivity index (χ0) is 18.4. The van der Waals surface area contributed by atoms with Crippen LogP contribution in [0.2, 0.25) is 0 Å². The second kappa shape index (κ2) is 8.52. The number of para-hydroxylation sites is 1. The fourth-order valence-electron chi connectivity index (χ4n) is 2.00. The van der Waals surface area contributed by atoms with E-state index in [0.717, 1.165) is 17.0 Å². The van der Waals surface area contributed by atoms with Crippen molar-refractivity contribution < 1.29 is 18.0 Å². The van der Waals surface area contributed by atoms with Gasteiger partial charge in [-0.3, -0.25) is 4.79 Å². The summed E-state index contributed by atoms with van der Waals surface area (Å²) in [6.07, 6.45) is -4.32. The van der Waals surface area contributed by atoms with Crippen LogP contribution in [0.4, 0.5) is 24.0 Å². The predicted molar refractivity (Wildman–Crippen MR) is 94.2 cm³/mol. The molecule has 2 rings (SSSR count). The molecule has 1 atom stereocenters. The van der Waals surface area contributed by atoms with E-state index >= 15 is 0 Å². The van der Waals surface area contributed by atoms with Crippen LogP contribution in [0.25, 0.3) is 0 Å². The summed E-state index contributed by atoms with van der Waals surface area (Å²) in [5.74, 6) is -0.0984. The molecule has 25 heavy (non-hydrogen) atoms. The molecule has 0 aliphatic carbocycles. The van der Waals surface area contributed by atoms with Gasteiger partial charge in [-0.25, -0.2) is 0 Å². The second-order valence-electron chi connectivity index (χ2n) is 5.02. The fraction of sp³-hybridized carbons (Fsp3) is 0.400. The Morgan fingerprint density at radius 1 is 1.32 bits per heavy atom. The van der Waals surface area contributed by atoms with E-state index in [4.69, 9.17) is 0 Å². The van der Waals surface area contributed by atoms with E-state index in [1.54, 1.807) is 11.8 Å². The third-order valence-corrected chi connectivity index (χ3v) is 5.17. The maximum absolute atomic E-state index is 12.6. The summed E-state index contributed by atoms with van der Waals surface area (Å²) in [5.41, 5.74) is 0.798. The van der Waals surface area contributed by atoms with Gasteiger partial charge in [-0.2, -0.15) is 13.2 Å². The fourth-order valence-corrected chi connectivity index (χ4v) is 3.95. The van der Waals surface area contributed by atoms with Crippen molar-refractivity contribution in [3.05, 3.63) is 30.3 Å². The first-order chi connectivity index (χ1) is 11.8. The number of hydrogen-bond donors (Lipinski definition) is 1. The number of nitrogens with one attached hydrogen (secondary N) is 1. The Labute approximate surface area is 151 Å². The summed E-state index contributed by atoms with van der Waals surface area (Å²) in [6.45, 7) is 2.97. The zero-order valence-corrected chi connectivity index (χ0v) is 15.2. The maximum Gasteiger partial charge on any atom is 0.405 e. The predicted octanol–water partition coefficient (Wildman–Crippen LogP) is 4.05. The first-order valence-corrected chi connectivity index (χ1v) is 9.17. The number of thioether (sulfide) groups is 1. The molecule has 0 fully saturated rings. The van der Waals surface area contributed by atoms with Crippen molar-refractivity contribution >= 4 is 39.8 Å². The van der Waals surface area contributed by atoms with Crippen molar-refractivity contribution in [1.82, 2.24) is 10.2 Å². The lowest BCUT2D eigenvalue weighted by atomic mass is 10.2. The number of rotatable bonds is 7. The lowest BCUT2D eigenvalue weighted by Crippen LogP contribution is -2.36. The van der Waals surface area contributed by atoms with Crippen LogP contribution in [-0.4, -0.2) is 40.6 Å². The number of aromatic nitrogens is 2. The molecule has 5 nitrogen and oxygen atoms in total.